The second-order valence-electron chi connectivity index (χ2n) is 16.0. The number of nitrogens with one attached hydrogen (secondary N) is 1. The number of fused-ring (bicyclic) bond motifs is 1. The minimum absolute atomic E-state index is 0.0508. The van der Waals surface area contributed by atoms with Crippen molar-refractivity contribution in [2.24, 2.45) is 0 Å². The van der Waals surface area contributed by atoms with Gasteiger partial charge in [0.1, 0.15) is 17.3 Å². The average Bonchev–Trinajstić information content (AvgIpc) is 4.15. The summed E-state index contributed by atoms with van der Waals surface area (Å²) in [6, 6.07) is 10.3. The summed E-state index contributed by atoms with van der Waals surface area (Å²) in [5.74, 6) is -4.43. The molecule has 1 aliphatic rings. The maximum atomic E-state index is 13.6. The first-order valence-corrected chi connectivity index (χ1v) is 25.6. The van der Waals surface area contributed by atoms with Gasteiger partial charge < -0.3 is 52.7 Å². The van der Waals surface area contributed by atoms with Crippen molar-refractivity contribution in [1.29, 1.82) is 0 Å². The number of nitrogens with zero attached hydrogens (tertiary/aromatic N) is 7. The van der Waals surface area contributed by atoms with Gasteiger partial charge in [0, 0.05) is 34.4 Å². The molecule has 1 fully saturated rings. The van der Waals surface area contributed by atoms with Gasteiger partial charge in [-0.05, 0) is 36.4 Å². The van der Waals surface area contributed by atoms with E-state index in [0.29, 0.717) is 132 Å². The molecule has 0 spiro atoms. The molecule has 396 valence electrons. The SMILES string of the molecule is CCC1CCC(n2ncc3c(NC(CS(=O)CCOCCOCCOCCOCc4cn(CCOCCOCCOCCOCCC(=O)Oc5c(F)cc(F)cc5F)nn4)c4ccccc4)nc(Cl)nc32)O1. The Morgan fingerprint density at radius 1 is 0.819 bits per heavy atom. The van der Waals surface area contributed by atoms with Gasteiger partial charge in [-0.3, -0.25) is 9.00 Å². The number of hydrogen-bond acceptors (Lipinski definition) is 18. The minimum Gasteiger partial charge on any atom is -0.420 e. The fourth-order valence-corrected chi connectivity index (χ4v) is 8.38. The van der Waals surface area contributed by atoms with Crippen LogP contribution < -0.4 is 10.1 Å². The zero-order valence-electron chi connectivity index (χ0n) is 40.1. The topological polar surface area (TPSA) is 213 Å². The number of anilines is 1. The third kappa shape index (κ3) is 19.6. The molecule has 1 N–H and O–H groups in total. The van der Waals surface area contributed by atoms with Crippen molar-refractivity contribution in [3.8, 4) is 5.75 Å². The predicted octanol–water partition coefficient (Wildman–Crippen LogP) is 5.81. The highest BCUT2D eigenvalue weighted by molar-refractivity contribution is 7.85. The maximum absolute atomic E-state index is 13.6. The first kappa shape index (κ1) is 56.6. The summed E-state index contributed by atoms with van der Waals surface area (Å²) in [7, 11) is -1.22. The molecule has 5 aromatic rings. The molecular formula is C47H62ClF3N8O12S. The van der Waals surface area contributed by atoms with Gasteiger partial charge in [0.05, 0.1) is 149 Å². The number of aromatic nitrogens is 7. The Kier molecular flexibility index (Phi) is 25.0. The molecule has 1 saturated heterocycles. The summed E-state index contributed by atoms with van der Waals surface area (Å²) in [5.41, 5.74) is 2.22. The van der Waals surface area contributed by atoms with Gasteiger partial charge in [-0.2, -0.15) is 15.1 Å². The van der Waals surface area contributed by atoms with Gasteiger partial charge in [0.25, 0.3) is 0 Å². The highest BCUT2D eigenvalue weighted by Gasteiger charge is 2.29. The van der Waals surface area contributed by atoms with Gasteiger partial charge in [-0.25, -0.2) is 22.5 Å². The largest absolute Gasteiger partial charge is 0.420 e. The number of esters is 1. The predicted molar refractivity (Wildman–Crippen MR) is 256 cm³/mol. The molecule has 0 bridgehead atoms. The molecule has 0 saturated carbocycles. The van der Waals surface area contributed by atoms with Crippen LogP contribution in [0.25, 0.3) is 11.0 Å². The molecule has 1 aliphatic heterocycles. The second-order valence-corrected chi connectivity index (χ2v) is 18.0. The van der Waals surface area contributed by atoms with E-state index in [-0.39, 0.29) is 56.5 Å². The van der Waals surface area contributed by atoms with Crippen LogP contribution in [0.5, 0.6) is 5.75 Å². The Labute approximate surface area is 422 Å². The summed E-state index contributed by atoms with van der Waals surface area (Å²) < 4.78 is 112. The van der Waals surface area contributed by atoms with Gasteiger partial charge in [-0.1, -0.05) is 42.5 Å². The van der Waals surface area contributed by atoms with Crippen LogP contribution in [0.15, 0.2) is 54.9 Å². The lowest BCUT2D eigenvalue weighted by atomic mass is 10.1. The van der Waals surface area contributed by atoms with Gasteiger partial charge in [0.2, 0.25) is 11.0 Å². The number of carbonyl (C=O) groups is 1. The smallest absolute Gasteiger partial charge is 0.313 e. The van der Waals surface area contributed by atoms with Crippen molar-refractivity contribution in [3.63, 3.8) is 0 Å². The molecule has 72 heavy (non-hydrogen) atoms. The van der Waals surface area contributed by atoms with E-state index in [9.17, 15) is 22.2 Å². The molecule has 0 radical (unpaired) electrons. The van der Waals surface area contributed by atoms with Gasteiger partial charge >= 0.3 is 5.97 Å². The van der Waals surface area contributed by atoms with Crippen LogP contribution in [0.2, 0.25) is 5.28 Å². The Morgan fingerprint density at radius 2 is 1.43 bits per heavy atom. The third-order valence-electron chi connectivity index (χ3n) is 10.7. The van der Waals surface area contributed by atoms with Crippen LogP contribution in [0.1, 0.15) is 56.1 Å². The number of halogens is 4. The summed E-state index contributed by atoms with van der Waals surface area (Å²) in [6.45, 7) is 7.70. The van der Waals surface area contributed by atoms with Crippen molar-refractivity contribution in [2.45, 2.75) is 64.1 Å². The fourth-order valence-electron chi connectivity index (χ4n) is 7.10. The van der Waals surface area contributed by atoms with Gasteiger partial charge in [0.15, 0.2) is 23.5 Å². The number of rotatable bonds is 37. The Balaban J connectivity index is 0.710. The quantitative estimate of drug-likeness (QED) is 0.0215. The Hall–Kier alpha value is -4.73. The minimum atomic E-state index is -1.31. The molecule has 3 aromatic heterocycles. The van der Waals surface area contributed by atoms with E-state index in [0.717, 1.165) is 24.8 Å². The molecule has 2 aromatic carbocycles. The summed E-state index contributed by atoms with van der Waals surface area (Å²) >= 11 is 6.42. The maximum Gasteiger partial charge on any atom is 0.313 e. The second kappa shape index (κ2) is 31.8. The molecular weight excluding hydrogens is 993 g/mol. The van der Waals surface area contributed by atoms with E-state index in [1.165, 1.54) is 0 Å². The highest BCUT2D eigenvalue weighted by atomic mass is 35.5. The third-order valence-corrected chi connectivity index (χ3v) is 12.2. The van der Waals surface area contributed by atoms with Crippen LogP contribution >= 0.6 is 11.6 Å². The van der Waals surface area contributed by atoms with E-state index in [1.807, 2.05) is 30.3 Å². The number of benzene rings is 2. The summed E-state index contributed by atoms with van der Waals surface area (Å²) in [5, 5.41) is 17.1. The fraction of sp³-hybridized carbons (Fsp3) is 0.574. The van der Waals surface area contributed by atoms with Crippen LogP contribution in [0.3, 0.4) is 0 Å². The number of hydrogen-bond donors (Lipinski definition) is 1. The lowest BCUT2D eigenvalue weighted by molar-refractivity contribution is -0.136. The van der Waals surface area contributed by atoms with E-state index in [1.54, 1.807) is 21.8 Å². The highest BCUT2D eigenvalue weighted by Crippen LogP contribution is 2.34. The van der Waals surface area contributed by atoms with E-state index < -0.39 is 40.0 Å². The summed E-state index contributed by atoms with van der Waals surface area (Å²) in [4.78, 5) is 20.7. The first-order chi connectivity index (χ1) is 35.2. The van der Waals surface area contributed by atoms with Gasteiger partial charge in [-0.15, -0.1) is 5.10 Å². The van der Waals surface area contributed by atoms with Crippen LogP contribution in [0, 0.1) is 17.5 Å². The molecule has 4 heterocycles. The number of carbonyl (C=O) groups excluding carboxylic acids is 1. The van der Waals surface area contributed by atoms with Crippen molar-refractivity contribution in [3.05, 3.63) is 88.9 Å². The zero-order valence-corrected chi connectivity index (χ0v) is 41.7. The molecule has 4 unspecified atom stereocenters. The van der Waals surface area contributed by atoms with Crippen molar-refractivity contribution in [1.82, 2.24) is 34.7 Å². The molecule has 0 aliphatic carbocycles. The van der Waals surface area contributed by atoms with Crippen molar-refractivity contribution < 1.29 is 69.5 Å². The lowest BCUT2D eigenvalue weighted by Crippen LogP contribution is -2.22. The first-order valence-electron chi connectivity index (χ1n) is 23.8. The van der Waals surface area contributed by atoms with Crippen LogP contribution in [0.4, 0.5) is 19.0 Å². The summed E-state index contributed by atoms with van der Waals surface area (Å²) in [6.07, 6.45) is 5.94. The average molecular weight is 1060 g/mol. The number of ether oxygens (including phenoxy) is 10. The lowest BCUT2D eigenvalue weighted by Gasteiger charge is -2.20. The van der Waals surface area contributed by atoms with E-state index >= 15 is 0 Å². The molecule has 6 rings (SSSR count). The van der Waals surface area contributed by atoms with Crippen LogP contribution in [-0.4, -0.2) is 162 Å². The van der Waals surface area contributed by atoms with Crippen molar-refractivity contribution in [2.75, 3.05) is 116 Å². The Morgan fingerprint density at radius 3 is 2.07 bits per heavy atom. The van der Waals surface area contributed by atoms with Crippen LogP contribution in [-0.2, 0) is 71.4 Å². The molecule has 0 amide bonds. The zero-order chi connectivity index (χ0) is 50.8. The van der Waals surface area contributed by atoms with Crippen molar-refractivity contribution >= 4 is 45.2 Å². The standard InChI is InChI=1S/C47H62ClF3N8O12S/c1-2-37-8-9-42(70-37)59-46-38(30-52-59)45(54-47(48)55-46)53-41(34-6-4-3-5-7-34)33-72(61)27-26-68-23-22-66-20-21-67-24-25-69-32-36-31-58(57-56-36)11-13-63-15-17-65-19-18-64-16-14-62-12-10-43(60)71-44-39(50)28-35(49)29-40(44)51/h3-7,28-31,37,41-42H,2,8-27,32-33H2,1H3,(H,53,54,55). The Bertz CT molecular complexity index is 2370. The van der Waals surface area contributed by atoms with E-state index in [2.05, 4.69) is 42.4 Å². The molecule has 20 nitrogen and oxygen atoms in total. The molecule has 4 atom stereocenters. The van der Waals surface area contributed by atoms with E-state index in [4.69, 9.17) is 54.2 Å². The normalized spacial score (nSPS) is 15.6. The molecule has 25 heteroatoms. The monoisotopic (exact) mass is 1050 g/mol.